The average Bonchev–Trinajstić information content (AvgIpc) is 2.53. The van der Waals surface area contributed by atoms with Crippen LogP contribution in [0.25, 0.3) is 5.57 Å². The van der Waals surface area contributed by atoms with E-state index in [2.05, 4.69) is 0 Å². The van der Waals surface area contributed by atoms with Gasteiger partial charge in [0.25, 0.3) is 0 Å². The smallest absolute Gasteiger partial charge is 0.337 e. The van der Waals surface area contributed by atoms with Gasteiger partial charge in [0.05, 0.1) is 18.2 Å². The number of halogens is 2. The minimum atomic E-state index is -0.609. The van der Waals surface area contributed by atoms with Gasteiger partial charge < -0.3 is 4.74 Å². The number of benzene rings is 2. The monoisotopic (exact) mass is 300 g/mol. The number of esters is 1. The van der Waals surface area contributed by atoms with Crippen LogP contribution in [0.15, 0.2) is 42.5 Å². The minimum absolute atomic E-state index is 0.0505. The fourth-order valence-corrected chi connectivity index (χ4v) is 2.76. The molecule has 2 aromatic rings. The van der Waals surface area contributed by atoms with Gasteiger partial charge in [-0.15, -0.1) is 0 Å². The van der Waals surface area contributed by atoms with Crippen molar-refractivity contribution in [3.63, 3.8) is 0 Å². The molecule has 0 radical (unpaired) electrons. The molecule has 2 aromatic carbocycles. The number of rotatable bonds is 2. The zero-order valence-electron chi connectivity index (χ0n) is 12.0. The number of carbonyl (C=O) groups is 1. The van der Waals surface area contributed by atoms with Crippen LogP contribution in [0.3, 0.4) is 0 Å². The van der Waals surface area contributed by atoms with Crippen molar-refractivity contribution in [1.82, 2.24) is 0 Å². The Bertz CT molecular complexity index is 758. The van der Waals surface area contributed by atoms with E-state index in [4.69, 9.17) is 4.74 Å². The molecule has 0 aliphatic heterocycles. The van der Waals surface area contributed by atoms with E-state index in [1.807, 2.05) is 12.1 Å². The molecule has 0 saturated carbocycles. The van der Waals surface area contributed by atoms with E-state index in [1.165, 1.54) is 25.3 Å². The quantitative estimate of drug-likeness (QED) is 0.780. The molecule has 0 aromatic heterocycles. The van der Waals surface area contributed by atoms with Crippen LogP contribution < -0.4 is 0 Å². The summed E-state index contributed by atoms with van der Waals surface area (Å²) in [6.45, 7) is 0. The average molecular weight is 300 g/mol. The van der Waals surface area contributed by atoms with Crippen molar-refractivity contribution in [2.45, 2.75) is 12.8 Å². The molecule has 0 N–H and O–H groups in total. The van der Waals surface area contributed by atoms with Crippen molar-refractivity contribution in [3.8, 4) is 0 Å². The van der Waals surface area contributed by atoms with Gasteiger partial charge in [-0.1, -0.05) is 18.2 Å². The molecule has 0 atom stereocenters. The molecule has 1 aliphatic carbocycles. The van der Waals surface area contributed by atoms with Gasteiger partial charge in [-0.25, -0.2) is 13.6 Å². The largest absolute Gasteiger partial charge is 0.465 e. The van der Waals surface area contributed by atoms with Gasteiger partial charge in [0.2, 0.25) is 0 Å². The molecule has 4 heteroatoms. The van der Waals surface area contributed by atoms with Crippen LogP contribution in [-0.4, -0.2) is 13.1 Å². The lowest BCUT2D eigenvalue weighted by atomic mass is 9.85. The summed E-state index contributed by atoms with van der Waals surface area (Å²) in [6, 6.07) is 8.93. The molecule has 2 nitrogen and oxygen atoms in total. The molecule has 112 valence electrons. The summed E-state index contributed by atoms with van der Waals surface area (Å²) in [5.41, 5.74) is 2.45. The topological polar surface area (TPSA) is 26.3 Å². The lowest BCUT2D eigenvalue weighted by molar-refractivity contribution is 0.0600. The van der Waals surface area contributed by atoms with E-state index in [0.717, 1.165) is 12.0 Å². The third kappa shape index (κ3) is 2.41. The molecule has 0 amide bonds. The molecule has 22 heavy (non-hydrogen) atoms. The number of aryl methyl sites for hydroxylation is 1. The first kappa shape index (κ1) is 14.4. The number of allylic oxidation sites excluding steroid dienone is 1. The number of hydrogen-bond donors (Lipinski definition) is 0. The Morgan fingerprint density at radius 1 is 1.14 bits per heavy atom. The third-order valence-electron chi connectivity index (χ3n) is 3.82. The van der Waals surface area contributed by atoms with Crippen LogP contribution >= 0.6 is 0 Å². The summed E-state index contributed by atoms with van der Waals surface area (Å²) < 4.78 is 32.9. The molecule has 0 spiro atoms. The molecule has 0 saturated heterocycles. The predicted molar refractivity (Wildman–Crippen MR) is 79.5 cm³/mol. The Kier molecular flexibility index (Phi) is 3.75. The maximum absolute atomic E-state index is 14.1. The van der Waals surface area contributed by atoms with Crippen LogP contribution in [0.5, 0.6) is 0 Å². The molecule has 0 heterocycles. The van der Waals surface area contributed by atoms with Gasteiger partial charge in [0.15, 0.2) is 0 Å². The van der Waals surface area contributed by atoms with Gasteiger partial charge in [-0.3, -0.25) is 0 Å². The standard InChI is InChI=1S/C18H14F2O2/c1-22-18(21)12-9-8-11-4-2-5-13(14(11)10-12)17-15(19)6-3-7-16(17)20/h3,5-10H,2,4H2,1H3. The Morgan fingerprint density at radius 2 is 1.86 bits per heavy atom. The second-order valence-corrected chi connectivity index (χ2v) is 5.12. The van der Waals surface area contributed by atoms with Crippen molar-refractivity contribution in [3.05, 3.63) is 76.4 Å². The van der Waals surface area contributed by atoms with E-state index in [0.29, 0.717) is 23.1 Å². The third-order valence-corrected chi connectivity index (χ3v) is 3.82. The summed E-state index contributed by atoms with van der Waals surface area (Å²) in [5, 5.41) is 0. The van der Waals surface area contributed by atoms with E-state index in [9.17, 15) is 13.6 Å². The van der Waals surface area contributed by atoms with E-state index < -0.39 is 17.6 Å². The van der Waals surface area contributed by atoms with Gasteiger partial charge >= 0.3 is 5.97 Å². The van der Waals surface area contributed by atoms with Crippen molar-refractivity contribution < 1.29 is 18.3 Å². The van der Waals surface area contributed by atoms with Crippen molar-refractivity contribution in [1.29, 1.82) is 0 Å². The van der Waals surface area contributed by atoms with Crippen molar-refractivity contribution in [2.75, 3.05) is 7.11 Å². The summed E-state index contributed by atoms with van der Waals surface area (Å²) >= 11 is 0. The molecule has 0 unspecified atom stereocenters. The summed E-state index contributed by atoms with van der Waals surface area (Å²) in [7, 11) is 1.30. The fraction of sp³-hybridized carbons (Fsp3) is 0.167. The molecular weight excluding hydrogens is 286 g/mol. The molecule has 3 rings (SSSR count). The maximum Gasteiger partial charge on any atom is 0.337 e. The summed E-state index contributed by atoms with van der Waals surface area (Å²) in [5.74, 6) is -1.69. The first-order valence-electron chi connectivity index (χ1n) is 6.98. The molecule has 1 aliphatic rings. The van der Waals surface area contributed by atoms with Gasteiger partial charge in [-0.05, 0) is 53.8 Å². The second-order valence-electron chi connectivity index (χ2n) is 5.12. The SMILES string of the molecule is COC(=O)c1ccc2c(c1)C(c1c(F)cccc1F)=CCC2. The number of ether oxygens (including phenoxy) is 1. The lowest BCUT2D eigenvalue weighted by Crippen LogP contribution is -2.08. The number of fused-ring (bicyclic) bond motifs is 1. The Morgan fingerprint density at radius 3 is 2.55 bits per heavy atom. The summed E-state index contributed by atoms with van der Waals surface area (Å²) in [6.07, 6.45) is 3.29. The van der Waals surface area contributed by atoms with Gasteiger partial charge in [0.1, 0.15) is 11.6 Å². The summed E-state index contributed by atoms with van der Waals surface area (Å²) in [4.78, 5) is 11.7. The van der Waals surface area contributed by atoms with Crippen LogP contribution in [0.2, 0.25) is 0 Å². The van der Waals surface area contributed by atoms with Crippen LogP contribution in [0.4, 0.5) is 8.78 Å². The molecule has 0 fully saturated rings. The van der Waals surface area contributed by atoms with E-state index in [-0.39, 0.29) is 5.56 Å². The fourth-order valence-electron chi connectivity index (χ4n) is 2.76. The Hall–Kier alpha value is -2.49. The minimum Gasteiger partial charge on any atom is -0.465 e. The highest BCUT2D eigenvalue weighted by atomic mass is 19.1. The second kappa shape index (κ2) is 5.72. The zero-order chi connectivity index (χ0) is 15.7. The van der Waals surface area contributed by atoms with Crippen LogP contribution in [0, 0.1) is 11.6 Å². The highest BCUT2D eigenvalue weighted by molar-refractivity contribution is 5.92. The Labute approximate surface area is 127 Å². The van der Waals surface area contributed by atoms with E-state index >= 15 is 0 Å². The van der Waals surface area contributed by atoms with Crippen molar-refractivity contribution >= 4 is 11.5 Å². The molecule has 0 bridgehead atoms. The lowest BCUT2D eigenvalue weighted by Gasteiger charge is -2.19. The van der Waals surface area contributed by atoms with Crippen LogP contribution in [0.1, 0.15) is 33.5 Å². The molecular formula is C18H14F2O2. The van der Waals surface area contributed by atoms with Gasteiger partial charge in [-0.2, -0.15) is 0 Å². The number of methoxy groups -OCH3 is 1. The first-order chi connectivity index (χ1) is 10.6. The maximum atomic E-state index is 14.1. The number of carbonyl (C=O) groups excluding carboxylic acids is 1. The van der Waals surface area contributed by atoms with Crippen LogP contribution in [-0.2, 0) is 11.2 Å². The predicted octanol–water partition coefficient (Wildman–Crippen LogP) is 4.13. The highest BCUT2D eigenvalue weighted by Crippen LogP contribution is 2.35. The number of hydrogen-bond acceptors (Lipinski definition) is 2. The highest BCUT2D eigenvalue weighted by Gasteiger charge is 2.21. The van der Waals surface area contributed by atoms with Crippen molar-refractivity contribution in [2.24, 2.45) is 0 Å². The normalized spacial score (nSPS) is 13.3. The van der Waals surface area contributed by atoms with Gasteiger partial charge in [0, 0.05) is 0 Å². The Balaban J connectivity index is 2.17. The first-order valence-corrected chi connectivity index (χ1v) is 6.98. The zero-order valence-corrected chi connectivity index (χ0v) is 12.0. The van der Waals surface area contributed by atoms with E-state index in [1.54, 1.807) is 12.1 Å².